The van der Waals surface area contributed by atoms with E-state index in [0.29, 0.717) is 10.6 Å². The van der Waals surface area contributed by atoms with Gasteiger partial charge in [0.1, 0.15) is 0 Å². The maximum atomic E-state index is 12.1. The number of allylic oxidation sites excluding steroid dienone is 2. The van der Waals surface area contributed by atoms with Gasteiger partial charge in [-0.1, -0.05) is 23.7 Å². The normalized spacial score (nSPS) is 24.8. The van der Waals surface area contributed by atoms with Crippen molar-refractivity contribution in [3.63, 3.8) is 0 Å². The van der Waals surface area contributed by atoms with Crippen LogP contribution in [0, 0.1) is 0 Å². The second kappa shape index (κ2) is 4.11. The van der Waals surface area contributed by atoms with Crippen molar-refractivity contribution < 1.29 is 9.59 Å². The van der Waals surface area contributed by atoms with Crippen LogP contribution in [0.15, 0.2) is 35.9 Å². The van der Waals surface area contributed by atoms with Crippen molar-refractivity contribution >= 4 is 23.2 Å². The van der Waals surface area contributed by atoms with Gasteiger partial charge in [-0.25, -0.2) is 0 Å². The van der Waals surface area contributed by atoms with Gasteiger partial charge in [0, 0.05) is 11.4 Å². The Morgan fingerprint density at radius 3 is 2.65 bits per heavy atom. The van der Waals surface area contributed by atoms with Gasteiger partial charge in [0.2, 0.25) is 0 Å². The first-order valence-electron chi connectivity index (χ1n) is 5.45. The highest BCUT2D eigenvalue weighted by Crippen LogP contribution is 2.35. The van der Waals surface area contributed by atoms with Crippen LogP contribution in [0.1, 0.15) is 25.8 Å². The van der Waals surface area contributed by atoms with Crippen LogP contribution >= 0.6 is 11.6 Å². The van der Waals surface area contributed by atoms with Gasteiger partial charge in [0.15, 0.2) is 11.6 Å². The Labute approximate surface area is 105 Å². The number of carbonyl (C=O) groups is 2. The zero-order valence-corrected chi connectivity index (χ0v) is 10.5. The number of benzene rings is 1. The molecule has 1 aliphatic carbocycles. The minimum Gasteiger partial charge on any atom is -0.295 e. The SMILES string of the molecule is CC1=CC(=O)C(C)(c2cccc(Cl)c2)CC1=O. The van der Waals surface area contributed by atoms with Gasteiger partial charge in [-0.05, 0) is 43.2 Å². The van der Waals surface area contributed by atoms with E-state index < -0.39 is 5.41 Å². The lowest BCUT2D eigenvalue weighted by molar-refractivity contribution is -0.126. The van der Waals surface area contributed by atoms with Gasteiger partial charge >= 0.3 is 0 Å². The Morgan fingerprint density at radius 2 is 2.00 bits per heavy atom. The highest BCUT2D eigenvalue weighted by atomic mass is 35.5. The zero-order valence-electron chi connectivity index (χ0n) is 9.79. The molecule has 0 fully saturated rings. The number of halogens is 1. The van der Waals surface area contributed by atoms with Crippen LogP contribution in [0.3, 0.4) is 0 Å². The van der Waals surface area contributed by atoms with Crippen LogP contribution in [-0.2, 0) is 15.0 Å². The van der Waals surface area contributed by atoms with Crippen LogP contribution in [0.4, 0.5) is 0 Å². The Bertz CT molecular complexity index is 531. The lowest BCUT2D eigenvalue weighted by Gasteiger charge is -2.30. The second-order valence-electron chi connectivity index (χ2n) is 4.63. The number of hydrogen-bond donors (Lipinski definition) is 0. The molecule has 1 aromatic rings. The van der Waals surface area contributed by atoms with Crippen molar-refractivity contribution in [2.75, 3.05) is 0 Å². The highest BCUT2D eigenvalue weighted by Gasteiger charge is 2.39. The van der Waals surface area contributed by atoms with Crippen molar-refractivity contribution in [1.82, 2.24) is 0 Å². The fourth-order valence-corrected chi connectivity index (χ4v) is 2.25. The number of rotatable bonds is 1. The van der Waals surface area contributed by atoms with Crippen molar-refractivity contribution in [2.24, 2.45) is 0 Å². The van der Waals surface area contributed by atoms with Crippen molar-refractivity contribution in [3.05, 3.63) is 46.5 Å². The van der Waals surface area contributed by atoms with E-state index in [-0.39, 0.29) is 18.0 Å². The van der Waals surface area contributed by atoms with Crippen molar-refractivity contribution in [1.29, 1.82) is 0 Å². The molecule has 0 radical (unpaired) electrons. The Balaban J connectivity index is 2.51. The van der Waals surface area contributed by atoms with Crippen LogP contribution in [0.25, 0.3) is 0 Å². The van der Waals surface area contributed by atoms with E-state index in [1.807, 2.05) is 6.07 Å². The molecular formula is C14H13ClO2. The number of hydrogen-bond acceptors (Lipinski definition) is 2. The molecule has 0 saturated carbocycles. The molecule has 0 saturated heterocycles. The summed E-state index contributed by atoms with van der Waals surface area (Å²) in [5, 5.41) is 0.579. The molecule has 0 aromatic heterocycles. The molecule has 0 aliphatic heterocycles. The summed E-state index contributed by atoms with van der Waals surface area (Å²) in [6, 6.07) is 7.14. The first kappa shape index (κ1) is 12.1. The molecule has 2 rings (SSSR count). The highest BCUT2D eigenvalue weighted by molar-refractivity contribution is 6.30. The summed E-state index contributed by atoms with van der Waals surface area (Å²) in [6.45, 7) is 3.47. The predicted octanol–water partition coefficient (Wildman–Crippen LogP) is 3.09. The Hall–Kier alpha value is -1.41. The van der Waals surface area contributed by atoms with Gasteiger partial charge in [-0.15, -0.1) is 0 Å². The quantitative estimate of drug-likeness (QED) is 0.765. The lowest BCUT2D eigenvalue weighted by Crippen LogP contribution is -2.37. The summed E-state index contributed by atoms with van der Waals surface area (Å²) >= 11 is 5.93. The minimum absolute atomic E-state index is 0.0204. The van der Waals surface area contributed by atoms with E-state index in [0.717, 1.165) is 5.56 Å². The molecule has 1 atom stereocenters. The third-order valence-electron chi connectivity index (χ3n) is 3.31. The van der Waals surface area contributed by atoms with Gasteiger partial charge < -0.3 is 0 Å². The summed E-state index contributed by atoms with van der Waals surface area (Å²) in [4.78, 5) is 23.9. The third kappa shape index (κ3) is 2.05. The van der Waals surface area contributed by atoms with E-state index in [9.17, 15) is 9.59 Å². The first-order chi connectivity index (χ1) is 7.93. The van der Waals surface area contributed by atoms with Crippen LogP contribution in [0.5, 0.6) is 0 Å². The molecule has 1 aliphatic rings. The molecule has 1 unspecified atom stereocenters. The molecule has 0 spiro atoms. The molecular weight excluding hydrogens is 236 g/mol. The maximum Gasteiger partial charge on any atom is 0.166 e. The molecule has 17 heavy (non-hydrogen) atoms. The fraction of sp³-hybridized carbons (Fsp3) is 0.286. The lowest BCUT2D eigenvalue weighted by atomic mass is 9.70. The van der Waals surface area contributed by atoms with Gasteiger partial charge in [0.25, 0.3) is 0 Å². The molecule has 0 bridgehead atoms. The zero-order chi connectivity index (χ0) is 12.6. The number of Topliss-reactive ketones (excluding diaryl/α,β-unsaturated/α-hetero) is 1. The average Bonchev–Trinajstić information content (AvgIpc) is 2.26. The summed E-state index contributed by atoms with van der Waals surface area (Å²) in [6.07, 6.45) is 1.65. The number of carbonyl (C=O) groups excluding carboxylic acids is 2. The molecule has 3 heteroatoms. The van der Waals surface area contributed by atoms with Crippen molar-refractivity contribution in [2.45, 2.75) is 25.7 Å². The van der Waals surface area contributed by atoms with Crippen LogP contribution in [0.2, 0.25) is 5.02 Å². The van der Waals surface area contributed by atoms with Gasteiger partial charge in [-0.3, -0.25) is 9.59 Å². The fourth-order valence-electron chi connectivity index (χ4n) is 2.06. The van der Waals surface area contributed by atoms with E-state index in [1.54, 1.807) is 32.0 Å². The molecule has 0 N–H and O–H groups in total. The van der Waals surface area contributed by atoms with Crippen molar-refractivity contribution in [3.8, 4) is 0 Å². The molecule has 88 valence electrons. The monoisotopic (exact) mass is 248 g/mol. The summed E-state index contributed by atoms with van der Waals surface area (Å²) in [7, 11) is 0. The topological polar surface area (TPSA) is 34.1 Å². The molecule has 1 aromatic carbocycles. The summed E-state index contributed by atoms with van der Waals surface area (Å²) < 4.78 is 0. The smallest absolute Gasteiger partial charge is 0.166 e. The Morgan fingerprint density at radius 1 is 1.29 bits per heavy atom. The largest absolute Gasteiger partial charge is 0.295 e. The van der Waals surface area contributed by atoms with E-state index in [2.05, 4.69) is 0 Å². The second-order valence-corrected chi connectivity index (χ2v) is 5.07. The summed E-state index contributed by atoms with van der Waals surface area (Å²) in [5.41, 5.74) is 0.559. The summed E-state index contributed by atoms with van der Waals surface area (Å²) in [5.74, 6) is -0.0102. The molecule has 0 heterocycles. The molecule has 0 amide bonds. The van der Waals surface area contributed by atoms with Crippen LogP contribution < -0.4 is 0 Å². The Kier molecular flexibility index (Phi) is 2.92. The van der Waals surface area contributed by atoms with Gasteiger partial charge in [0.05, 0.1) is 5.41 Å². The standard InChI is InChI=1S/C14H13ClO2/c1-9-6-13(17)14(2,8-12(9)16)10-4-3-5-11(15)7-10/h3-7H,8H2,1-2H3. The van der Waals surface area contributed by atoms with Gasteiger partial charge in [-0.2, -0.15) is 0 Å². The van der Waals surface area contributed by atoms with E-state index in [4.69, 9.17) is 11.6 Å². The first-order valence-corrected chi connectivity index (χ1v) is 5.83. The maximum absolute atomic E-state index is 12.1. The minimum atomic E-state index is -0.776. The third-order valence-corrected chi connectivity index (χ3v) is 3.54. The predicted molar refractivity (Wildman–Crippen MR) is 67.2 cm³/mol. The average molecular weight is 249 g/mol. The van der Waals surface area contributed by atoms with Crippen LogP contribution in [-0.4, -0.2) is 11.6 Å². The van der Waals surface area contributed by atoms with E-state index >= 15 is 0 Å². The van der Waals surface area contributed by atoms with E-state index in [1.165, 1.54) is 6.08 Å². The number of ketones is 2. The molecule has 2 nitrogen and oxygen atoms in total.